The van der Waals surface area contributed by atoms with Gasteiger partial charge in [0.15, 0.2) is 5.78 Å². The summed E-state index contributed by atoms with van der Waals surface area (Å²) in [6, 6.07) is 3.91. The number of carbonyl (C=O) groups is 2. The standard InChI is InChI=1S/C13H14O3S/c1-9(7-11-5-4-6-17-11)8-12(10(2)14)13(15)16-3/h4-8H,1-3H3/b9-7+,12-8+. The van der Waals surface area contributed by atoms with Gasteiger partial charge in [-0.2, -0.15) is 0 Å². The lowest BCUT2D eigenvalue weighted by molar-refractivity contribution is -0.137. The Morgan fingerprint density at radius 3 is 2.53 bits per heavy atom. The van der Waals surface area contributed by atoms with E-state index >= 15 is 0 Å². The third-order valence-electron chi connectivity index (χ3n) is 2.07. The van der Waals surface area contributed by atoms with Gasteiger partial charge in [0, 0.05) is 4.88 Å². The summed E-state index contributed by atoms with van der Waals surface area (Å²) in [4.78, 5) is 23.7. The fourth-order valence-corrected chi connectivity index (χ4v) is 2.01. The summed E-state index contributed by atoms with van der Waals surface area (Å²) >= 11 is 1.59. The summed E-state index contributed by atoms with van der Waals surface area (Å²) in [5.41, 5.74) is 0.904. The summed E-state index contributed by atoms with van der Waals surface area (Å²) in [5, 5.41) is 1.97. The van der Waals surface area contributed by atoms with E-state index in [0.717, 1.165) is 10.5 Å². The maximum atomic E-state index is 11.4. The second-order valence-corrected chi connectivity index (χ2v) is 4.49. The Morgan fingerprint density at radius 1 is 1.35 bits per heavy atom. The first-order chi connectivity index (χ1) is 8.04. The zero-order valence-electron chi connectivity index (χ0n) is 10.0. The van der Waals surface area contributed by atoms with E-state index in [9.17, 15) is 9.59 Å². The van der Waals surface area contributed by atoms with Crippen molar-refractivity contribution < 1.29 is 14.3 Å². The number of allylic oxidation sites excluding steroid dienone is 2. The largest absolute Gasteiger partial charge is 0.465 e. The zero-order valence-corrected chi connectivity index (χ0v) is 10.8. The van der Waals surface area contributed by atoms with Crippen LogP contribution in [-0.2, 0) is 14.3 Å². The second-order valence-electron chi connectivity index (χ2n) is 3.51. The van der Waals surface area contributed by atoms with Crippen LogP contribution in [-0.4, -0.2) is 18.9 Å². The van der Waals surface area contributed by atoms with Crippen molar-refractivity contribution in [1.29, 1.82) is 0 Å². The van der Waals surface area contributed by atoms with Gasteiger partial charge in [-0.15, -0.1) is 11.3 Å². The number of rotatable bonds is 4. The highest BCUT2D eigenvalue weighted by Crippen LogP contribution is 2.15. The average molecular weight is 250 g/mol. The van der Waals surface area contributed by atoms with Gasteiger partial charge in [0.25, 0.3) is 0 Å². The molecule has 1 aromatic rings. The molecule has 0 amide bonds. The van der Waals surface area contributed by atoms with Crippen LogP contribution in [0.15, 0.2) is 34.7 Å². The van der Waals surface area contributed by atoms with Crippen LogP contribution in [0.2, 0.25) is 0 Å². The van der Waals surface area contributed by atoms with Crippen LogP contribution in [0, 0.1) is 0 Å². The fourth-order valence-electron chi connectivity index (χ4n) is 1.28. The predicted molar refractivity (Wildman–Crippen MR) is 68.8 cm³/mol. The molecule has 1 heterocycles. The molecule has 0 aliphatic heterocycles. The molecule has 0 bridgehead atoms. The number of ether oxygens (including phenoxy) is 1. The van der Waals surface area contributed by atoms with Crippen molar-refractivity contribution in [3.8, 4) is 0 Å². The maximum Gasteiger partial charge on any atom is 0.341 e. The molecule has 0 aliphatic carbocycles. The summed E-state index contributed by atoms with van der Waals surface area (Å²) in [5.74, 6) is -0.896. The van der Waals surface area contributed by atoms with E-state index in [1.165, 1.54) is 14.0 Å². The van der Waals surface area contributed by atoms with E-state index < -0.39 is 5.97 Å². The van der Waals surface area contributed by atoms with Gasteiger partial charge in [0.2, 0.25) is 0 Å². The van der Waals surface area contributed by atoms with E-state index in [1.807, 2.05) is 30.5 Å². The zero-order chi connectivity index (χ0) is 12.8. The smallest absolute Gasteiger partial charge is 0.341 e. The van der Waals surface area contributed by atoms with Crippen LogP contribution >= 0.6 is 11.3 Å². The number of Topliss-reactive ketones (excluding diaryl/α,β-unsaturated/α-hetero) is 1. The van der Waals surface area contributed by atoms with Crippen molar-refractivity contribution >= 4 is 29.2 Å². The summed E-state index contributed by atoms with van der Waals surface area (Å²) < 4.78 is 4.56. The van der Waals surface area contributed by atoms with Crippen LogP contribution in [0.3, 0.4) is 0 Å². The second kappa shape index (κ2) is 6.15. The van der Waals surface area contributed by atoms with Crippen LogP contribution < -0.4 is 0 Å². The SMILES string of the molecule is COC(=O)/C(=C/C(C)=C/c1cccs1)C(C)=O. The number of thiophene rings is 1. The Labute approximate surface area is 104 Å². The lowest BCUT2D eigenvalue weighted by Gasteiger charge is -2.01. The Kier molecular flexibility index (Phi) is 4.84. The average Bonchev–Trinajstić information content (AvgIpc) is 2.77. The van der Waals surface area contributed by atoms with E-state index in [1.54, 1.807) is 17.4 Å². The van der Waals surface area contributed by atoms with E-state index in [0.29, 0.717) is 0 Å². The number of esters is 1. The molecule has 0 radical (unpaired) electrons. The van der Waals surface area contributed by atoms with Crippen molar-refractivity contribution in [3.63, 3.8) is 0 Å². The van der Waals surface area contributed by atoms with Crippen molar-refractivity contribution in [3.05, 3.63) is 39.6 Å². The molecule has 0 spiro atoms. The molecule has 4 heteroatoms. The molecule has 1 aromatic heterocycles. The summed E-state index contributed by atoms with van der Waals surface area (Å²) in [6.07, 6.45) is 3.46. The lowest BCUT2D eigenvalue weighted by Crippen LogP contribution is -2.11. The van der Waals surface area contributed by atoms with Gasteiger partial charge in [0.1, 0.15) is 5.57 Å². The number of methoxy groups -OCH3 is 1. The molecule has 0 atom stereocenters. The normalized spacial score (nSPS) is 12.4. The lowest BCUT2D eigenvalue weighted by atomic mass is 10.1. The van der Waals surface area contributed by atoms with Crippen molar-refractivity contribution in [2.45, 2.75) is 13.8 Å². The molecule has 0 unspecified atom stereocenters. The molecule has 17 heavy (non-hydrogen) atoms. The monoisotopic (exact) mass is 250 g/mol. The van der Waals surface area contributed by atoms with Gasteiger partial charge in [-0.1, -0.05) is 6.07 Å². The van der Waals surface area contributed by atoms with Crippen molar-refractivity contribution in [2.75, 3.05) is 7.11 Å². The molecule has 90 valence electrons. The van der Waals surface area contributed by atoms with Crippen LogP contribution in [0.5, 0.6) is 0 Å². The topological polar surface area (TPSA) is 43.4 Å². The predicted octanol–water partition coefficient (Wildman–Crippen LogP) is 2.84. The molecule has 0 saturated heterocycles. The molecule has 0 N–H and O–H groups in total. The van der Waals surface area contributed by atoms with E-state index in [4.69, 9.17) is 0 Å². The first-order valence-electron chi connectivity index (χ1n) is 5.07. The molecule has 3 nitrogen and oxygen atoms in total. The number of hydrogen-bond donors (Lipinski definition) is 0. The Morgan fingerprint density at radius 2 is 2.06 bits per heavy atom. The van der Waals surface area contributed by atoms with Crippen molar-refractivity contribution in [2.24, 2.45) is 0 Å². The number of ketones is 1. The Hall–Kier alpha value is -1.68. The third kappa shape index (κ3) is 4.00. The minimum absolute atomic E-state index is 0.0674. The van der Waals surface area contributed by atoms with Crippen LogP contribution in [0.4, 0.5) is 0 Å². The van der Waals surface area contributed by atoms with Gasteiger partial charge >= 0.3 is 5.97 Å². The maximum absolute atomic E-state index is 11.4. The Balaban J connectivity index is 2.98. The van der Waals surface area contributed by atoms with Crippen LogP contribution in [0.1, 0.15) is 18.7 Å². The highest BCUT2D eigenvalue weighted by Gasteiger charge is 2.14. The molecule has 0 aliphatic rings. The number of hydrogen-bond acceptors (Lipinski definition) is 4. The van der Waals surface area contributed by atoms with Crippen molar-refractivity contribution in [1.82, 2.24) is 0 Å². The van der Waals surface area contributed by atoms with Gasteiger partial charge in [-0.05, 0) is 43.0 Å². The first kappa shape index (κ1) is 13.4. The molecule has 1 rings (SSSR count). The summed E-state index contributed by atoms with van der Waals surface area (Å²) in [6.45, 7) is 3.19. The molecular formula is C13H14O3S. The molecule has 0 saturated carbocycles. The fraction of sp³-hybridized carbons (Fsp3) is 0.231. The van der Waals surface area contributed by atoms with Gasteiger partial charge in [-0.25, -0.2) is 4.79 Å². The van der Waals surface area contributed by atoms with Crippen LogP contribution in [0.25, 0.3) is 6.08 Å². The molecular weight excluding hydrogens is 236 g/mol. The summed E-state index contributed by atoms with van der Waals surface area (Å²) in [7, 11) is 1.26. The van der Waals surface area contributed by atoms with Gasteiger partial charge in [-0.3, -0.25) is 4.79 Å². The molecule has 0 fully saturated rings. The first-order valence-corrected chi connectivity index (χ1v) is 5.95. The Bertz CT molecular complexity index is 467. The third-order valence-corrected chi connectivity index (χ3v) is 2.89. The molecule has 0 aromatic carbocycles. The van der Waals surface area contributed by atoms with E-state index in [-0.39, 0.29) is 11.4 Å². The highest BCUT2D eigenvalue weighted by atomic mass is 32.1. The number of carbonyl (C=O) groups excluding carboxylic acids is 2. The van der Waals surface area contributed by atoms with E-state index in [2.05, 4.69) is 4.74 Å². The minimum Gasteiger partial charge on any atom is -0.465 e. The van der Waals surface area contributed by atoms with Gasteiger partial charge in [0.05, 0.1) is 7.11 Å². The minimum atomic E-state index is -0.601. The van der Waals surface area contributed by atoms with Gasteiger partial charge < -0.3 is 4.74 Å². The highest BCUT2D eigenvalue weighted by molar-refractivity contribution is 7.10. The quantitative estimate of drug-likeness (QED) is 0.271.